The van der Waals surface area contributed by atoms with Crippen LogP contribution in [-0.4, -0.2) is 34.4 Å². The minimum Gasteiger partial charge on any atom is -0.411 e. The van der Waals surface area contributed by atoms with Crippen LogP contribution in [0.5, 0.6) is 0 Å². The Morgan fingerprint density at radius 3 is 2.68 bits per heavy atom. The quantitative estimate of drug-likeness (QED) is 0.581. The molecule has 4 fully saturated rings. The fraction of sp³-hybridized carbons (Fsp3) is 0.938. The Kier molecular flexibility index (Phi) is 3.06. The van der Waals surface area contributed by atoms with E-state index in [-0.39, 0.29) is 0 Å². The van der Waals surface area contributed by atoms with Crippen LogP contribution in [0, 0.1) is 17.8 Å². The van der Waals surface area contributed by atoms with E-state index >= 15 is 0 Å². The minimum absolute atomic E-state index is 0.495. The number of hydrogen-bond acceptors (Lipinski definition) is 3. The van der Waals surface area contributed by atoms with Crippen molar-refractivity contribution in [2.24, 2.45) is 22.9 Å². The fourth-order valence-electron chi connectivity index (χ4n) is 5.64. The molecule has 0 unspecified atom stereocenters. The average Bonchev–Trinajstić information content (AvgIpc) is 3.07. The maximum Gasteiger partial charge on any atom is 0.0775 e. The van der Waals surface area contributed by atoms with Crippen molar-refractivity contribution in [3.8, 4) is 0 Å². The Morgan fingerprint density at radius 1 is 0.947 bits per heavy atom. The largest absolute Gasteiger partial charge is 0.411 e. The standard InChI is InChI=1S/C16H26N2O/c19-17-15-12-7-8-13(10-12)16(15)18-9-3-5-11-4-1-2-6-14(11)18/h11-14,16,19H,1-10H2/b17-15-/t11-,12-,13-,14+,16-/m0/s1. The Morgan fingerprint density at radius 2 is 1.79 bits per heavy atom. The Balaban J connectivity index is 1.60. The van der Waals surface area contributed by atoms with Gasteiger partial charge in [-0.05, 0) is 63.3 Å². The van der Waals surface area contributed by atoms with Gasteiger partial charge in [0.05, 0.1) is 11.8 Å². The predicted molar refractivity (Wildman–Crippen MR) is 75.5 cm³/mol. The van der Waals surface area contributed by atoms with Gasteiger partial charge in [0.15, 0.2) is 0 Å². The first kappa shape index (κ1) is 12.2. The second-order valence-electron chi connectivity index (χ2n) is 7.23. The summed E-state index contributed by atoms with van der Waals surface area (Å²) < 4.78 is 0. The lowest BCUT2D eigenvalue weighted by atomic mass is 9.76. The van der Waals surface area contributed by atoms with Crippen molar-refractivity contribution in [2.75, 3.05) is 6.54 Å². The van der Waals surface area contributed by atoms with E-state index in [1.165, 1.54) is 64.3 Å². The van der Waals surface area contributed by atoms with Crippen LogP contribution < -0.4 is 0 Å². The van der Waals surface area contributed by atoms with E-state index in [4.69, 9.17) is 0 Å². The van der Waals surface area contributed by atoms with E-state index in [2.05, 4.69) is 10.1 Å². The summed E-state index contributed by atoms with van der Waals surface area (Å²) in [6, 6.07) is 1.29. The third-order valence-corrected chi connectivity index (χ3v) is 6.40. The van der Waals surface area contributed by atoms with Crippen molar-refractivity contribution in [1.82, 2.24) is 4.90 Å². The maximum atomic E-state index is 9.45. The molecule has 3 heteroatoms. The molecule has 0 aromatic rings. The molecule has 4 aliphatic rings. The molecule has 5 atom stereocenters. The molecular weight excluding hydrogens is 236 g/mol. The molecule has 3 aliphatic carbocycles. The summed E-state index contributed by atoms with van der Waals surface area (Å²) in [4.78, 5) is 2.77. The summed E-state index contributed by atoms with van der Waals surface area (Å²) in [6.45, 7) is 1.24. The summed E-state index contributed by atoms with van der Waals surface area (Å²) in [5.41, 5.74) is 1.14. The number of hydrogen-bond donors (Lipinski definition) is 1. The van der Waals surface area contributed by atoms with Gasteiger partial charge in [-0.2, -0.15) is 0 Å². The van der Waals surface area contributed by atoms with Gasteiger partial charge in [-0.25, -0.2) is 0 Å². The summed E-state index contributed by atoms with van der Waals surface area (Å²) in [5.74, 6) is 2.32. The zero-order valence-electron chi connectivity index (χ0n) is 11.8. The predicted octanol–water partition coefficient (Wildman–Crippen LogP) is 3.27. The number of fused-ring (bicyclic) bond motifs is 3. The van der Waals surface area contributed by atoms with Crippen molar-refractivity contribution in [3.63, 3.8) is 0 Å². The monoisotopic (exact) mass is 262 g/mol. The highest BCUT2D eigenvalue weighted by Crippen LogP contribution is 2.48. The normalized spacial score (nSPS) is 48.6. The number of piperidine rings is 1. The Bertz CT molecular complexity index is 379. The third-order valence-electron chi connectivity index (χ3n) is 6.40. The molecule has 0 aromatic carbocycles. The molecule has 1 N–H and O–H groups in total. The number of nitrogens with zero attached hydrogens (tertiary/aromatic N) is 2. The van der Waals surface area contributed by atoms with Crippen LogP contribution >= 0.6 is 0 Å². The highest BCUT2D eigenvalue weighted by atomic mass is 16.4. The van der Waals surface area contributed by atoms with E-state index in [0.717, 1.165) is 23.6 Å². The summed E-state index contributed by atoms with van der Waals surface area (Å²) in [5, 5.41) is 13.2. The molecule has 1 aliphatic heterocycles. The molecule has 0 amide bonds. The van der Waals surface area contributed by atoms with Gasteiger partial charge >= 0.3 is 0 Å². The van der Waals surface area contributed by atoms with Gasteiger partial charge in [0.25, 0.3) is 0 Å². The van der Waals surface area contributed by atoms with Gasteiger partial charge in [-0.15, -0.1) is 0 Å². The van der Waals surface area contributed by atoms with Gasteiger partial charge in [0, 0.05) is 12.0 Å². The molecule has 3 nitrogen and oxygen atoms in total. The van der Waals surface area contributed by atoms with Crippen molar-refractivity contribution in [1.29, 1.82) is 0 Å². The molecular formula is C16H26N2O. The van der Waals surface area contributed by atoms with Crippen molar-refractivity contribution < 1.29 is 5.21 Å². The topological polar surface area (TPSA) is 35.8 Å². The maximum absolute atomic E-state index is 9.45. The molecule has 0 spiro atoms. The van der Waals surface area contributed by atoms with E-state index in [9.17, 15) is 5.21 Å². The minimum atomic E-state index is 0.495. The molecule has 4 rings (SSSR count). The smallest absolute Gasteiger partial charge is 0.0775 e. The number of rotatable bonds is 1. The highest BCUT2D eigenvalue weighted by Gasteiger charge is 2.50. The van der Waals surface area contributed by atoms with Gasteiger partial charge in [0.1, 0.15) is 0 Å². The molecule has 1 heterocycles. The average molecular weight is 262 g/mol. The van der Waals surface area contributed by atoms with Crippen LogP contribution in [-0.2, 0) is 0 Å². The lowest BCUT2D eigenvalue weighted by Gasteiger charge is -2.48. The zero-order valence-corrected chi connectivity index (χ0v) is 11.8. The first-order valence-corrected chi connectivity index (χ1v) is 8.36. The van der Waals surface area contributed by atoms with Gasteiger partial charge in [-0.1, -0.05) is 18.0 Å². The first-order valence-electron chi connectivity index (χ1n) is 8.36. The SMILES string of the molecule is O/N=C1/[C@H]2CC[C@@H](C2)[C@@H]1N1CCC[C@@H]2CCCC[C@H]21. The molecule has 106 valence electrons. The number of oxime groups is 1. The van der Waals surface area contributed by atoms with E-state index < -0.39 is 0 Å². The van der Waals surface area contributed by atoms with Gasteiger partial charge in [-0.3, -0.25) is 4.90 Å². The van der Waals surface area contributed by atoms with Gasteiger partial charge in [0.2, 0.25) is 0 Å². The lowest BCUT2D eigenvalue weighted by Crippen LogP contribution is -2.55. The molecule has 0 aromatic heterocycles. The summed E-state index contributed by atoms with van der Waals surface area (Å²) >= 11 is 0. The van der Waals surface area contributed by atoms with Crippen LogP contribution in [0.15, 0.2) is 5.16 Å². The second-order valence-corrected chi connectivity index (χ2v) is 7.23. The second kappa shape index (κ2) is 4.76. The van der Waals surface area contributed by atoms with Crippen LogP contribution in [0.4, 0.5) is 0 Å². The van der Waals surface area contributed by atoms with Crippen molar-refractivity contribution in [3.05, 3.63) is 0 Å². The third kappa shape index (κ3) is 1.84. The zero-order chi connectivity index (χ0) is 12.8. The van der Waals surface area contributed by atoms with E-state index in [1.54, 1.807) is 0 Å². The first-order chi connectivity index (χ1) is 9.38. The molecule has 0 radical (unpaired) electrons. The van der Waals surface area contributed by atoms with E-state index in [1.807, 2.05) is 0 Å². The fourth-order valence-corrected chi connectivity index (χ4v) is 5.64. The molecule has 1 saturated heterocycles. The van der Waals surface area contributed by atoms with Crippen molar-refractivity contribution >= 4 is 5.71 Å². The molecule has 3 saturated carbocycles. The van der Waals surface area contributed by atoms with Crippen molar-refractivity contribution in [2.45, 2.75) is 69.9 Å². The summed E-state index contributed by atoms with van der Waals surface area (Å²) in [7, 11) is 0. The number of likely N-dealkylation sites (tertiary alicyclic amines) is 1. The summed E-state index contributed by atoms with van der Waals surface area (Å²) in [6.07, 6.45) is 12.4. The molecule has 2 bridgehead atoms. The Labute approximate surface area is 116 Å². The lowest BCUT2D eigenvalue weighted by molar-refractivity contribution is 0.0305. The Hall–Kier alpha value is -0.570. The van der Waals surface area contributed by atoms with Crippen LogP contribution in [0.25, 0.3) is 0 Å². The van der Waals surface area contributed by atoms with Crippen LogP contribution in [0.2, 0.25) is 0 Å². The van der Waals surface area contributed by atoms with E-state index in [0.29, 0.717) is 12.0 Å². The van der Waals surface area contributed by atoms with Crippen LogP contribution in [0.1, 0.15) is 57.8 Å². The van der Waals surface area contributed by atoms with Gasteiger partial charge < -0.3 is 5.21 Å². The highest BCUT2D eigenvalue weighted by molar-refractivity contribution is 5.94. The van der Waals surface area contributed by atoms with Crippen LogP contribution in [0.3, 0.4) is 0 Å². The molecule has 19 heavy (non-hydrogen) atoms.